The van der Waals surface area contributed by atoms with Crippen LogP contribution in [0, 0.1) is 0 Å². The predicted octanol–water partition coefficient (Wildman–Crippen LogP) is 4.25. The van der Waals surface area contributed by atoms with Crippen LogP contribution in [0.2, 0.25) is 0 Å². The fourth-order valence-corrected chi connectivity index (χ4v) is 3.67. The van der Waals surface area contributed by atoms with E-state index in [0.29, 0.717) is 5.56 Å². The molecule has 5 nitrogen and oxygen atoms in total. The van der Waals surface area contributed by atoms with E-state index in [4.69, 9.17) is 0 Å². The summed E-state index contributed by atoms with van der Waals surface area (Å²) in [6.07, 6.45) is 1.17. The summed E-state index contributed by atoms with van der Waals surface area (Å²) in [5, 5.41) is 3.82. The molecule has 1 atom stereocenters. The molecule has 0 aliphatic carbocycles. The van der Waals surface area contributed by atoms with Gasteiger partial charge in [-0.3, -0.25) is 9.78 Å². The first-order valence-corrected chi connectivity index (χ1v) is 11.1. The van der Waals surface area contributed by atoms with Gasteiger partial charge in [0.1, 0.15) is 0 Å². The second kappa shape index (κ2) is 7.72. The molecule has 1 amide bonds. The number of hydrogen-bond acceptors (Lipinski definition) is 4. The van der Waals surface area contributed by atoms with E-state index in [-0.39, 0.29) is 22.8 Å². The summed E-state index contributed by atoms with van der Waals surface area (Å²) in [4.78, 5) is 17.9. The minimum absolute atomic E-state index is 0.180. The van der Waals surface area contributed by atoms with E-state index >= 15 is 0 Å². The molecular formula is C22H24N2O3S. The number of nitrogens with one attached hydrogen (secondary N) is 1. The third-order valence-electron chi connectivity index (χ3n) is 4.73. The number of carbonyl (C=O) groups excluding carboxylic acids is 1. The van der Waals surface area contributed by atoms with E-state index in [1.165, 1.54) is 6.26 Å². The van der Waals surface area contributed by atoms with Gasteiger partial charge >= 0.3 is 0 Å². The number of carbonyl (C=O) groups is 1. The van der Waals surface area contributed by atoms with Crippen molar-refractivity contribution in [2.24, 2.45) is 0 Å². The van der Waals surface area contributed by atoms with E-state index in [1.807, 2.05) is 51.1 Å². The van der Waals surface area contributed by atoms with Crippen LogP contribution in [0.15, 0.2) is 59.5 Å². The van der Waals surface area contributed by atoms with E-state index in [2.05, 4.69) is 10.3 Å². The maximum Gasteiger partial charge on any atom is 0.252 e. The van der Waals surface area contributed by atoms with E-state index in [1.54, 1.807) is 24.3 Å². The topological polar surface area (TPSA) is 76.1 Å². The molecule has 6 heteroatoms. The Morgan fingerprint density at radius 3 is 2.25 bits per heavy atom. The van der Waals surface area contributed by atoms with Crippen molar-refractivity contribution in [1.29, 1.82) is 0 Å². The molecule has 0 spiro atoms. The first kappa shape index (κ1) is 20.0. The number of fused-ring (bicyclic) bond motifs is 1. The highest BCUT2D eigenvalue weighted by Gasteiger charge is 2.17. The molecule has 0 radical (unpaired) electrons. The molecule has 1 aromatic heterocycles. The first-order valence-electron chi connectivity index (χ1n) is 9.17. The third kappa shape index (κ3) is 4.22. The van der Waals surface area contributed by atoms with Crippen LogP contribution in [0.1, 0.15) is 54.3 Å². The summed E-state index contributed by atoms with van der Waals surface area (Å²) < 4.78 is 23.2. The van der Waals surface area contributed by atoms with Crippen molar-refractivity contribution in [1.82, 2.24) is 10.3 Å². The van der Waals surface area contributed by atoms with Crippen LogP contribution in [0.25, 0.3) is 10.9 Å². The number of nitrogens with zero attached hydrogens (tertiary/aromatic N) is 1. The molecule has 0 fully saturated rings. The molecule has 0 aliphatic rings. The Labute approximate surface area is 165 Å². The van der Waals surface area contributed by atoms with Crippen LogP contribution in [0.3, 0.4) is 0 Å². The molecule has 2 aromatic carbocycles. The second-order valence-electron chi connectivity index (χ2n) is 7.30. The molecule has 0 bridgehead atoms. The SMILES string of the molecule is CC(C)c1cc(C(=O)NC(C)c2ccc(S(C)(=O)=O)cc2)c2ccccc2n1. The van der Waals surface area contributed by atoms with Crippen LogP contribution in [-0.2, 0) is 9.84 Å². The molecule has 0 saturated carbocycles. The maximum absolute atomic E-state index is 13.0. The number of hydrogen-bond donors (Lipinski definition) is 1. The smallest absolute Gasteiger partial charge is 0.252 e. The Kier molecular flexibility index (Phi) is 5.52. The Bertz CT molecular complexity index is 1120. The summed E-state index contributed by atoms with van der Waals surface area (Å²) in [6.45, 7) is 5.97. The highest BCUT2D eigenvalue weighted by atomic mass is 32.2. The van der Waals surface area contributed by atoms with Gasteiger partial charge in [0.2, 0.25) is 0 Å². The summed E-state index contributed by atoms with van der Waals surface area (Å²) in [5.74, 6) is 0.0253. The lowest BCUT2D eigenvalue weighted by atomic mass is 10.0. The number of para-hydroxylation sites is 1. The van der Waals surface area contributed by atoms with Gasteiger partial charge in [-0.25, -0.2) is 8.42 Å². The number of pyridine rings is 1. The lowest BCUT2D eigenvalue weighted by molar-refractivity contribution is 0.0941. The Morgan fingerprint density at radius 1 is 1.00 bits per heavy atom. The van der Waals surface area contributed by atoms with Gasteiger partial charge in [-0.1, -0.05) is 44.2 Å². The molecular weight excluding hydrogens is 372 g/mol. The number of benzene rings is 2. The summed E-state index contributed by atoms with van der Waals surface area (Å²) >= 11 is 0. The molecule has 1 unspecified atom stereocenters. The molecule has 3 rings (SSSR count). The van der Waals surface area contributed by atoms with Crippen LogP contribution < -0.4 is 5.32 Å². The normalized spacial score (nSPS) is 12.9. The fourth-order valence-electron chi connectivity index (χ4n) is 3.04. The lowest BCUT2D eigenvalue weighted by Gasteiger charge is -2.17. The number of rotatable bonds is 5. The van der Waals surface area contributed by atoms with Gasteiger partial charge in [0.05, 0.1) is 22.0 Å². The molecule has 28 heavy (non-hydrogen) atoms. The van der Waals surface area contributed by atoms with Crippen molar-refractivity contribution in [3.8, 4) is 0 Å². The zero-order valence-electron chi connectivity index (χ0n) is 16.4. The molecule has 1 heterocycles. The monoisotopic (exact) mass is 396 g/mol. The van der Waals surface area contributed by atoms with E-state index < -0.39 is 9.84 Å². The Balaban J connectivity index is 1.90. The van der Waals surface area contributed by atoms with Crippen molar-refractivity contribution in [2.75, 3.05) is 6.26 Å². The van der Waals surface area contributed by atoms with Crippen molar-refractivity contribution in [3.05, 3.63) is 71.4 Å². The van der Waals surface area contributed by atoms with Crippen LogP contribution in [0.5, 0.6) is 0 Å². The zero-order valence-corrected chi connectivity index (χ0v) is 17.2. The van der Waals surface area contributed by atoms with Crippen LogP contribution in [-0.4, -0.2) is 25.6 Å². The van der Waals surface area contributed by atoms with Gasteiger partial charge in [-0.15, -0.1) is 0 Å². The average Bonchev–Trinajstić information content (AvgIpc) is 2.66. The van der Waals surface area contributed by atoms with Gasteiger partial charge in [0.15, 0.2) is 9.84 Å². The maximum atomic E-state index is 13.0. The molecule has 1 N–H and O–H groups in total. The van der Waals surface area contributed by atoms with E-state index in [9.17, 15) is 13.2 Å². The minimum Gasteiger partial charge on any atom is -0.345 e. The highest BCUT2D eigenvalue weighted by Crippen LogP contribution is 2.23. The molecule has 0 saturated heterocycles. The fraction of sp³-hybridized carbons (Fsp3) is 0.273. The second-order valence-corrected chi connectivity index (χ2v) is 9.32. The van der Waals surface area contributed by atoms with Gasteiger partial charge in [0, 0.05) is 17.3 Å². The van der Waals surface area contributed by atoms with Crippen molar-refractivity contribution in [2.45, 2.75) is 37.6 Å². The number of amides is 1. The van der Waals surface area contributed by atoms with Crippen molar-refractivity contribution < 1.29 is 13.2 Å². The largest absolute Gasteiger partial charge is 0.345 e. The van der Waals surface area contributed by atoms with Crippen LogP contribution in [0.4, 0.5) is 0 Å². The minimum atomic E-state index is -3.24. The van der Waals surface area contributed by atoms with Gasteiger partial charge in [-0.2, -0.15) is 0 Å². The van der Waals surface area contributed by atoms with Gasteiger partial charge in [0.25, 0.3) is 5.91 Å². The summed E-state index contributed by atoms with van der Waals surface area (Å²) in [7, 11) is -3.24. The summed E-state index contributed by atoms with van der Waals surface area (Å²) in [5.41, 5.74) is 3.09. The highest BCUT2D eigenvalue weighted by molar-refractivity contribution is 7.90. The zero-order chi connectivity index (χ0) is 20.5. The number of sulfone groups is 1. The van der Waals surface area contributed by atoms with Crippen molar-refractivity contribution in [3.63, 3.8) is 0 Å². The Morgan fingerprint density at radius 2 is 1.64 bits per heavy atom. The predicted molar refractivity (Wildman–Crippen MR) is 111 cm³/mol. The molecule has 146 valence electrons. The first-order chi connectivity index (χ1) is 13.2. The third-order valence-corrected chi connectivity index (χ3v) is 5.86. The molecule has 3 aromatic rings. The standard InChI is InChI=1S/C22H24N2O3S/c1-14(2)21-13-19(18-7-5-6-8-20(18)24-21)22(25)23-15(3)16-9-11-17(12-10-16)28(4,26)27/h5-15H,1-4H3,(H,23,25). The van der Waals surface area contributed by atoms with Crippen LogP contribution >= 0.6 is 0 Å². The average molecular weight is 397 g/mol. The number of aromatic nitrogens is 1. The van der Waals surface area contributed by atoms with E-state index in [0.717, 1.165) is 22.2 Å². The van der Waals surface area contributed by atoms with Gasteiger partial charge in [-0.05, 0) is 42.7 Å². The van der Waals surface area contributed by atoms with Gasteiger partial charge < -0.3 is 5.32 Å². The quantitative estimate of drug-likeness (QED) is 0.699. The lowest BCUT2D eigenvalue weighted by Crippen LogP contribution is -2.27. The Hall–Kier alpha value is -2.73. The molecule has 0 aliphatic heterocycles. The summed E-state index contributed by atoms with van der Waals surface area (Å²) in [6, 6.07) is 15.8. The van der Waals surface area contributed by atoms with Crippen molar-refractivity contribution >= 4 is 26.6 Å².